The zero-order valence-corrected chi connectivity index (χ0v) is 12.4. The van der Waals surface area contributed by atoms with Gasteiger partial charge in [0, 0.05) is 10.5 Å². The van der Waals surface area contributed by atoms with Gasteiger partial charge in [-0.1, -0.05) is 15.9 Å². The van der Waals surface area contributed by atoms with Crippen LogP contribution in [0.15, 0.2) is 16.6 Å². The molecule has 0 unspecified atom stereocenters. The van der Waals surface area contributed by atoms with Gasteiger partial charge in [-0.2, -0.15) is 0 Å². The average molecular weight is 315 g/mol. The van der Waals surface area contributed by atoms with E-state index in [9.17, 15) is 9.50 Å². The van der Waals surface area contributed by atoms with Gasteiger partial charge >= 0.3 is 0 Å². The average Bonchev–Trinajstić information content (AvgIpc) is 2.55. The summed E-state index contributed by atoms with van der Waals surface area (Å²) in [5.41, 5.74) is -0.125. The fourth-order valence-corrected chi connectivity index (χ4v) is 2.49. The summed E-state index contributed by atoms with van der Waals surface area (Å²) >= 11 is 3.28. The van der Waals surface area contributed by atoms with Crippen molar-refractivity contribution >= 4 is 27.0 Å². The van der Waals surface area contributed by atoms with Crippen molar-refractivity contribution in [2.24, 2.45) is 0 Å². The normalized spacial score (nSPS) is 12.7. The molecule has 3 nitrogen and oxygen atoms in total. The number of benzene rings is 1. The largest absolute Gasteiger partial charge is 0.383 e. The van der Waals surface area contributed by atoms with Crippen LogP contribution in [0.5, 0.6) is 0 Å². The fraction of sp³-hybridized carbons (Fsp3) is 0.462. The van der Waals surface area contributed by atoms with Gasteiger partial charge in [-0.15, -0.1) is 0 Å². The zero-order valence-electron chi connectivity index (χ0n) is 10.8. The van der Waals surface area contributed by atoms with E-state index in [1.165, 1.54) is 6.07 Å². The molecule has 1 N–H and O–H groups in total. The summed E-state index contributed by atoms with van der Waals surface area (Å²) in [6.45, 7) is 7.27. The standard InChI is InChI=1S/C13H16BrFN2O/c1-7(2)17-10-6-8(14)5-9(15)11(10)16-12(17)13(3,4)18/h5-7,18H,1-4H3. The Morgan fingerprint density at radius 2 is 2.00 bits per heavy atom. The Labute approximate surface area is 114 Å². The molecule has 0 radical (unpaired) electrons. The van der Waals surface area contributed by atoms with E-state index in [1.807, 2.05) is 24.5 Å². The lowest BCUT2D eigenvalue weighted by molar-refractivity contribution is 0.0641. The molecule has 1 aromatic heterocycles. The van der Waals surface area contributed by atoms with Crippen LogP contribution in [0.25, 0.3) is 11.0 Å². The van der Waals surface area contributed by atoms with Gasteiger partial charge in [-0.05, 0) is 39.8 Å². The first-order valence-electron chi connectivity index (χ1n) is 5.81. The van der Waals surface area contributed by atoms with Crippen LogP contribution in [-0.4, -0.2) is 14.7 Å². The maximum Gasteiger partial charge on any atom is 0.152 e. The van der Waals surface area contributed by atoms with Crippen molar-refractivity contribution in [1.29, 1.82) is 0 Å². The van der Waals surface area contributed by atoms with Gasteiger partial charge in [0.2, 0.25) is 0 Å². The van der Waals surface area contributed by atoms with Crippen LogP contribution in [0.4, 0.5) is 4.39 Å². The van der Waals surface area contributed by atoms with Crippen molar-refractivity contribution in [3.63, 3.8) is 0 Å². The summed E-state index contributed by atoms with van der Waals surface area (Å²) in [6.07, 6.45) is 0. The molecule has 0 saturated heterocycles. The van der Waals surface area contributed by atoms with Crippen LogP contribution < -0.4 is 0 Å². The van der Waals surface area contributed by atoms with Crippen LogP contribution in [0.3, 0.4) is 0 Å². The summed E-state index contributed by atoms with van der Waals surface area (Å²) in [5.74, 6) is 0.0915. The highest BCUT2D eigenvalue weighted by Crippen LogP contribution is 2.31. The highest BCUT2D eigenvalue weighted by atomic mass is 79.9. The third-order valence-corrected chi connectivity index (χ3v) is 3.23. The molecular weight excluding hydrogens is 299 g/mol. The van der Waals surface area contributed by atoms with Crippen LogP contribution >= 0.6 is 15.9 Å². The fourth-order valence-electron chi connectivity index (χ4n) is 2.07. The molecule has 5 heteroatoms. The lowest BCUT2D eigenvalue weighted by Gasteiger charge is -2.21. The second-order valence-corrected chi connectivity index (χ2v) is 6.13. The van der Waals surface area contributed by atoms with Gasteiger partial charge in [-0.3, -0.25) is 0 Å². The Balaban J connectivity index is 2.89. The van der Waals surface area contributed by atoms with Gasteiger partial charge in [0.05, 0.1) is 5.52 Å². The monoisotopic (exact) mass is 314 g/mol. The molecule has 0 atom stereocenters. The van der Waals surface area contributed by atoms with Gasteiger partial charge in [0.15, 0.2) is 5.82 Å². The van der Waals surface area contributed by atoms with Crippen LogP contribution in [0.2, 0.25) is 0 Å². The summed E-state index contributed by atoms with van der Waals surface area (Å²) in [6, 6.07) is 3.29. The van der Waals surface area contributed by atoms with E-state index in [2.05, 4.69) is 20.9 Å². The third-order valence-electron chi connectivity index (χ3n) is 2.78. The van der Waals surface area contributed by atoms with Gasteiger partial charge in [0.1, 0.15) is 16.9 Å². The van der Waals surface area contributed by atoms with Crippen LogP contribution in [0, 0.1) is 5.82 Å². The summed E-state index contributed by atoms with van der Waals surface area (Å²) in [5, 5.41) is 10.2. The van der Waals surface area contributed by atoms with E-state index in [1.54, 1.807) is 13.8 Å². The molecule has 0 bridgehead atoms. The van der Waals surface area contributed by atoms with Crippen molar-refractivity contribution in [3.05, 3.63) is 28.2 Å². The number of fused-ring (bicyclic) bond motifs is 1. The van der Waals surface area contributed by atoms with Crippen molar-refractivity contribution in [3.8, 4) is 0 Å². The van der Waals surface area contributed by atoms with E-state index >= 15 is 0 Å². The highest BCUT2D eigenvalue weighted by molar-refractivity contribution is 9.10. The SMILES string of the molecule is CC(C)n1c(C(C)(C)O)nc2c(F)cc(Br)cc21. The molecule has 2 rings (SSSR count). The molecule has 1 aromatic carbocycles. The molecule has 0 aliphatic carbocycles. The number of aromatic nitrogens is 2. The third kappa shape index (κ3) is 2.17. The Morgan fingerprint density at radius 1 is 1.39 bits per heavy atom. The lowest BCUT2D eigenvalue weighted by Crippen LogP contribution is -2.23. The molecule has 0 fully saturated rings. The number of rotatable bonds is 2. The maximum absolute atomic E-state index is 13.9. The lowest BCUT2D eigenvalue weighted by atomic mass is 10.1. The quantitative estimate of drug-likeness (QED) is 0.916. The number of imidazole rings is 1. The topological polar surface area (TPSA) is 38.0 Å². The second-order valence-electron chi connectivity index (χ2n) is 5.21. The van der Waals surface area contributed by atoms with Gasteiger partial charge in [0.25, 0.3) is 0 Å². The van der Waals surface area contributed by atoms with Crippen LogP contribution in [0.1, 0.15) is 39.6 Å². The molecule has 98 valence electrons. The first-order chi connectivity index (χ1) is 8.21. The summed E-state index contributed by atoms with van der Waals surface area (Å²) < 4.78 is 16.4. The maximum atomic E-state index is 13.9. The first kappa shape index (κ1) is 13.5. The number of hydrogen-bond acceptors (Lipinski definition) is 2. The van der Waals surface area contributed by atoms with Gasteiger partial charge in [-0.25, -0.2) is 9.37 Å². The van der Waals surface area contributed by atoms with E-state index < -0.39 is 5.60 Å². The van der Waals surface area contributed by atoms with Crippen molar-refractivity contribution in [2.75, 3.05) is 0 Å². The van der Waals surface area contributed by atoms with Gasteiger partial charge < -0.3 is 9.67 Å². The Morgan fingerprint density at radius 3 is 2.50 bits per heavy atom. The van der Waals surface area contributed by atoms with E-state index in [0.717, 1.165) is 0 Å². The van der Waals surface area contributed by atoms with Crippen molar-refractivity contribution < 1.29 is 9.50 Å². The molecule has 1 heterocycles. The predicted molar refractivity (Wildman–Crippen MR) is 73.0 cm³/mol. The smallest absolute Gasteiger partial charge is 0.152 e. The second kappa shape index (κ2) is 4.31. The minimum Gasteiger partial charge on any atom is -0.383 e. The molecule has 0 aliphatic heterocycles. The molecular formula is C13H16BrFN2O. The molecule has 2 aromatic rings. The Hall–Kier alpha value is -0.940. The molecule has 0 saturated carbocycles. The minimum absolute atomic E-state index is 0.0881. The Bertz CT molecular complexity index is 599. The zero-order chi connectivity index (χ0) is 13.7. The van der Waals surface area contributed by atoms with Crippen molar-refractivity contribution in [2.45, 2.75) is 39.3 Å². The number of aliphatic hydroxyl groups is 1. The number of nitrogens with zero attached hydrogens (tertiary/aromatic N) is 2. The molecule has 0 aliphatic rings. The van der Waals surface area contributed by atoms with E-state index in [0.29, 0.717) is 21.3 Å². The highest BCUT2D eigenvalue weighted by Gasteiger charge is 2.27. The van der Waals surface area contributed by atoms with Crippen LogP contribution in [-0.2, 0) is 5.60 Å². The minimum atomic E-state index is -1.11. The van der Waals surface area contributed by atoms with Crippen molar-refractivity contribution in [1.82, 2.24) is 9.55 Å². The number of halogens is 2. The molecule has 0 amide bonds. The summed E-state index contributed by atoms with van der Waals surface area (Å²) in [4.78, 5) is 4.26. The molecule has 18 heavy (non-hydrogen) atoms. The number of hydrogen-bond donors (Lipinski definition) is 1. The molecule has 0 spiro atoms. The van der Waals surface area contributed by atoms with E-state index in [-0.39, 0.29) is 11.9 Å². The van der Waals surface area contributed by atoms with E-state index in [4.69, 9.17) is 0 Å². The first-order valence-corrected chi connectivity index (χ1v) is 6.61. The summed E-state index contributed by atoms with van der Waals surface area (Å²) in [7, 11) is 0. The Kier molecular flexibility index (Phi) is 3.23. The predicted octanol–water partition coefficient (Wildman–Crippen LogP) is 3.75.